The molecule has 0 spiro atoms. The minimum absolute atomic E-state index is 0.153. The first-order valence-corrected chi connectivity index (χ1v) is 7.68. The van der Waals surface area contributed by atoms with Gasteiger partial charge >= 0.3 is 0 Å². The normalized spacial score (nSPS) is 24.7. The highest BCUT2D eigenvalue weighted by Crippen LogP contribution is 2.22. The van der Waals surface area contributed by atoms with Crippen molar-refractivity contribution in [2.75, 3.05) is 26.2 Å². The summed E-state index contributed by atoms with van der Waals surface area (Å²) in [4.78, 5) is 15.4. The maximum atomic E-state index is 11.3. The predicted molar refractivity (Wildman–Crippen MR) is 76.4 cm³/mol. The third kappa shape index (κ3) is 3.41. The molecule has 7 heteroatoms. The Bertz CT molecular complexity index is 495. The molecule has 1 N–H and O–H groups in total. The van der Waals surface area contributed by atoms with Gasteiger partial charge in [-0.25, -0.2) is 4.68 Å². The van der Waals surface area contributed by atoms with Crippen molar-refractivity contribution in [2.45, 2.75) is 44.9 Å². The Morgan fingerprint density at radius 2 is 2.10 bits per heavy atom. The van der Waals surface area contributed by atoms with E-state index in [9.17, 15) is 9.90 Å². The molecule has 3 heterocycles. The molecule has 0 aliphatic carbocycles. The van der Waals surface area contributed by atoms with Gasteiger partial charge in [0.15, 0.2) is 0 Å². The van der Waals surface area contributed by atoms with E-state index in [0.717, 1.165) is 57.7 Å². The van der Waals surface area contributed by atoms with Crippen LogP contribution in [0.25, 0.3) is 0 Å². The highest BCUT2D eigenvalue weighted by atomic mass is 16.3. The van der Waals surface area contributed by atoms with Gasteiger partial charge in [-0.15, -0.1) is 5.10 Å². The molecular formula is C14H23N5O2. The maximum Gasteiger partial charge on any atom is 0.219 e. The van der Waals surface area contributed by atoms with Gasteiger partial charge in [0.1, 0.15) is 0 Å². The number of aliphatic hydroxyl groups excluding tert-OH is 1. The maximum absolute atomic E-state index is 11.3. The Morgan fingerprint density at radius 1 is 1.33 bits per heavy atom. The van der Waals surface area contributed by atoms with E-state index in [-0.39, 0.29) is 12.0 Å². The lowest BCUT2D eigenvalue weighted by Gasteiger charge is -2.31. The van der Waals surface area contributed by atoms with Crippen LogP contribution in [0.2, 0.25) is 0 Å². The van der Waals surface area contributed by atoms with Crippen molar-refractivity contribution < 1.29 is 9.90 Å². The SMILES string of the molecule is CC(=O)N1CCC(n2cc(CN3CCC(O)C3)nn2)CC1. The Labute approximate surface area is 124 Å². The molecule has 2 aliphatic rings. The number of carbonyl (C=O) groups excluding carboxylic acids is 1. The monoisotopic (exact) mass is 293 g/mol. The quantitative estimate of drug-likeness (QED) is 0.851. The fourth-order valence-corrected chi connectivity index (χ4v) is 3.19. The van der Waals surface area contributed by atoms with Crippen molar-refractivity contribution in [1.29, 1.82) is 0 Å². The molecule has 0 saturated carbocycles. The molecular weight excluding hydrogens is 270 g/mol. The minimum Gasteiger partial charge on any atom is -0.392 e. The summed E-state index contributed by atoms with van der Waals surface area (Å²) in [5.41, 5.74) is 0.957. The lowest BCUT2D eigenvalue weighted by Crippen LogP contribution is -2.37. The van der Waals surface area contributed by atoms with Crippen LogP contribution in [0.4, 0.5) is 0 Å². The van der Waals surface area contributed by atoms with Gasteiger partial charge in [0.05, 0.1) is 24.0 Å². The first-order chi connectivity index (χ1) is 10.1. The smallest absolute Gasteiger partial charge is 0.219 e. The van der Waals surface area contributed by atoms with Crippen LogP contribution in [-0.2, 0) is 11.3 Å². The van der Waals surface area contributed by atoms with Crippen molar-refractivity contribution in [2.24, 2.45) is 0 Å². The lowest BCUT2D eigenvalue weighted by molar-refractivity contribution is -0.130. The summed E-state index contributed by atoms with van der Waals surface area (Å²) in [6.07, 6.45) is 4.53. The molecule has 1 unspecified atom stereocenters. The zero-order chi connectivity index (χ0) is 14.8. The van der Waals surface area contributed by atoms with Gasteiger partial charge in [0, 0.05) is 39.6 Å². The summed E-state index contributed by atoms with van der Waals surface area (Å²) < 4.78 is 1.94. The van der Waals surface area contributed by atoms with Crippen LogP contribution in [0.15, 0.2) is 6.20 Å². The predicted octanol–water partition coefficient (Wildman–Crippen LogP) is 0.0281. The molecule has 3 rings (SSSR count). The van der Waals surface area contributed by atoms with Crippen LogP contribution in [0.5, 0.6) is 0 Å². The largest absolute Gasteiger partial charge is 0.392 e. The second-order valence-electron chi connectivity index (χ2n) is 6.10. The van der Waals surface area contributed by atoms with Crippen molar-refractivity contribution >= 4 is 5.91 Å². The number of β-amino-alcohol motifs (C(OH)–C–C–N with tert-alkyl or cyclic N) is 1. The summed E-state index contributed by atoms with van der Waals surface area (Å²) in [5, 5.41) is 18.0. The van der Waals surface area contributed by atoms with E-state index in [0.29, 0.717) is 6.04 Å². The van der Waals surface area contributed by atoms with Crippen LogP contribution < -0.4 is 0 Å². The molecule has 1 amide bonds. The van der Waals surface area contributed by atoms with E-state index in [1.54, 1.807) is 6.92 Å². The van der Waals surface area contributed by atoms with Crippen LogP contribution in [-0.4, -0.2) is 68.1 Å². The molecule has 21 heavy (non-hydrogen) atoms. The van der Waals surface area contributed by atoms with Gasteiger partial charge in [-0.1, -0.05) is 5.21 Å². The van der Waals surface area contributed by atoms with E-state index < -0.39 is 0 Å². The van der Waals surface area contributed by atoms with Crippen LogP contribution in [0, 0.1) is 0 Å². The summed E-state index contributed by atoms with van der Waals surface area (Å²) in [7, 11) is 0. The molecule has 116 valence electrons. The number of aliphatic hydroxyl groups is 1. The van der Waals surface area contributed by atoms with Crippen molar-refractivity contribution in [1.82, 2.24) is 24.8 Å². The van der Waals surface area contributed by atoms with Gasteiger partial charge in [-0.3, -0.25) is 9.69 Å². The number of hydrogen-bond acceptors (Lipinski definition) is 5. The van der Waals surface area contributed by atoms with Crippen molar-refractivity contribution in [3.63, 3.8) is 0 Å². The van der Waals surface area contributed by atoms with Gasteiger partial charge in [0.25, 0.3) is 0 Å². The Kier molecular flexibility index (Phi) is 4.21. The van der Waals surface area contributed by atoms with Crippen molar-refractivity contribution in [3.05, 3.63) is 11.9 Å². The molecule has 7 nitrogen and oxygen atoms in total. The molecule has 0 aromatic carbocycles. The van der Waals surface area contributed by atoms with Crippen LogP contribution in [0.1, 0.15) is 37.9 Å². The highest BCUT2D eigenvalue weighted by Gasteiger charge is 2.24. The average Bonchev–Trinajstić information content (AvgIpc) is 3.09. The fourth-order valence-electron chi connectivity index (χ4n) is 3.19. The first-order valence-electron chi connectivity index (χ1n) is 7.68. The first kappa shape index (κ1) is 14.5. The molecule has 1 aromatic rings. The molecule has 1 atom stereocenters. The fraction of sp³-hybridized carbons (Fsp3) is 0.786. The average molecular weight is 293 g/mol. The lowest BCUT2D eigenvalue weighted by atomic mass is 10.1. The van der Waals surface area contributed by atoms with E-state index in [4.69, 9.17) is 0 Å². The molecule has 2 aliphatic heterocycles. The zero-order valence-electron chi connectivity index (χ0n) is 12.5. The third-order valence-electron chi connectivity index (χ3n) is 4.47. The van der Waals surface area contributed by atoms with E-state index >= 15 is 0 Å². The third-order valence-corrected chi connectivity index (χ3v) is 4.47. The number of likely N-dealkylation sites (tertiary alicyclic amines) is 2. The van der Waals surface area contributed by atoms with Gasteiger partial charge in [0.2, 0.25) is 5.91 Å². The number of piperidine rings is 1. The van der Waals surface area contributed by atoms with Crippen molar-refractivity contribution in [3.8, 4) is 0 Å². The second kappa shape index (κ2) is 6.11. The number of amides is 1. The van der Waals surface area contributed by atoms with Gasteiger partial charge in [-0.05, 0) is 19.3 Å². The topological polar surface area (TPSA) is 74.5 Å². The summed E-state index contributed by atoms with van der Waals surface area (Å²) in [5.74, 6) is 0.153. The summed E-state index contributed by atoms with van der Waals surface area (Å²) in [6.45, 7) is 5.62. The Balaban J connectivity index is 1.54. The number of rotatable bonds is 3. The minimum atomic E-state index is -0.198. The highest BCUT2D eigenvalue weighted by molar-refractivity contribution is 5.73. The van der Waals surface area contributed by atoms with Crippen LogP contribution in [0.3, 0.4) is 0 Å². The van der Waals surface area contributed by atoms with E-state index in [1.807, 2.05) is 15.8 Å². The second-order valence-corrected chi connectivity index (χ2v) is 6.10. The Morgan fingerprint density at radius 3 is 2.71 bits per heavy atom. The molecule has 1 aromatic heterocycles. The number of hydrogen-bond donors (Lipinski definition) is 1. The standard InChI is InChI=1S/C14H23N5O2/c1-11(20)18-6-2-13(3-7-18)19-9-12(15-16-19)8-17-5-4-14(21)10-17/h9,13-14,21H,2-8,10H2,1H3. The molecule has 0 bridgehead atoms. The summed E-state index contributed by atoms with van der Waals surface area (Å²) in [6, 6.07) is 0.339. The van der Waals surface area contributed by atoms with E-state index in [1.165, 1.54) is 0 Å². The van der Waals surface area contributed by atoms with Gasteiger partial charge in [-0.2, -0.15) is 0 Å². The van der Waals surface area contributed by atoms with Crippen LogP contribution >= 0.6 is 0 Å². The molecule has 0 radical (unpaired) electrons. The summed E-state index contributed by atoms with van der Waals surface area (Å²) >= 11 is 0. The molecule has 2 saturated heterocycles. The van der Waals surface area contributed by atoms with E-state index in [2.05, 4.69) is 15.2 Å². The number of carbonyl (C=O) groups is 1. The Hall–Kier alpha value is -1.47. The number of aromatic nitrogens is 3. The molecule has 2 fully saturated rings. The van der Waals surface area contributed by atoms with Gasteiger partial charge < -0.3 is 10.0 Å². The zero-order valence-corrected chi connectivity index (χ0v) is 12.5. The number of nitrogens with zero attached hydrogens (tertiary/aromatic N) is 5.